The van der Waals surface area contributed by atoms with Gasteiger partial charge in [-0.2, -0.15) is 0 Å². The van der Waals surface area contributed by atoms with E-state index in [1.807, 2.05) is 0 Å². The van der Waals surface area contributed by atoms with Crippen molar-refractivity contribution in [2.24, 2.45) is 0 Å². The SMILES string of the molecule is O=C(O)Oc1ccc(-c2ccc3c(c2)OC(=O)OC(=O)O3)cc1OC(=O)O. The van der Waals surface area contributed by atoms with Gasteiger partial charge in [-0.1, -0.05) is 12.1 Å². The van der Waals surface area contributed by atoms with E-state index in [1.165, 1.54) is 36.4 Å². The lowest BCUT2D eigenvalue weighted by Gasteiger charge is -2.10. The van der Waals surface area contributed by atoms with Crippen molar-refractivity contribution < 1.29 is 53.1 Å². The molecular weight excluding hydrogens is 368 g/mol. The maximum absolute atomic E-state index is 11.3. The Morgan fingerprint density at radius 2 is 1.26 bits per heavy atom. The van der Waals surface area contributed by atoms with E-state index in [9.17, 15) is 19.2 Å². The Kier molecular flexibility index (Phi) is 4.49. The number of cyclic esters (lactones) is 2. The molecule has 0 amide bonds. The minimum atomic E-state index is -1.68. The molecule has 0 fully saturated rings. The van der Waals surface area contributed by atoms with Gasteiger partial charge < -0.3 is 33.9 Å². The third kappa shape index (κ3) is 4.04. The lowest BCUT2D eigenvalue weighted by molar-refractivity contribution is 0.0997. The summed E-state index contributed by atoms with van der Waals surface area (Å²) in [6, 6.07) is 7.92. The van der Waals surface area contributed by atoms with Crippen molar-refractivity contribution in [1.29, 1.82) is 0 Å². The fourth-order valence-corrected chi connectivity index (χ4v) is 2.18. The first-order valence-corrected chi connectivity index (χ1v) is 7.03. The van der Waals surface area contributed by atoms with E-state index in [4.69, 9.17) is 19.7 Å². The first-order valence-electron chi connectivity index (χ1n) is 7.03. The molecule has 2 aromatic rings. The lowest BCUT2D eigenvalue weighted by Crippen LogP contribution is -2.14. The molecule has 0 aliphatic carbocycles. The van der Waals surface area contributed by atoms with Crippen molar-refractivity contribution in [3.05, 3.63) is 36.4 Å². The van der Waals surface area contributed by atoms with E-state index in [0.717, 1.165) is 0 Å². The zero-order chi connectivity index (χ0) is 19.6. The Morgan fingerprint density at radius 1 is 0.704 bits per heavy atom. The highest BCUT2D eigenvalue weighted by molar-refractivity contribution is 5.83. The molecule has 138 valence electrons. The van der Waals surface area contributed by atoms with Crippen LogP contribution in [0.1, 0.15) is 0 Å². The molecule has 1 aliphatic heterocycles. The summed E-state index contributed by atoms with van der Waals surface area (Å²) in [5, 5.41) is 17.5. The van der Waals surface area contributed by atoms with Crippen LogP contribution in [0.25, 0.3) is 11.1 Å². The molecule has 0 spiro atoms. The molecule has 2 N–H and O–H groups in total. The molecule has 1 heterocycles. The molecular formula is C16H8O11. The van der Waals surface area contributed by atoms with Crippen molar-refractivity contribution in [3.8, 4) is 34.1 Å². The molecule has 3 rings (SSSR count). The number of fused-ring (bicyclic) bond motifs is 1. The van der Waals surface area contributed by atoms with E-state index in [1.54, 1.807) is 0 Å². The maximum Gasteiger partial charge on any atom is 0.524 e. The normalized spacial score (nSPS) is 12.6. The lowest BCUT2D eigenvalue weighted by atomic mass is 10.0. The van der Waals surface area contributed by atoms with Crippen molar-refractivity contribution in [2.45, 2.75) is 0 Å². The topological polar surface area (TPSA) is 155 Å². The Bertz CT molecular complexity index is 963. The fourth-order valence-electron chi connectivity index (χ4n) is 2.18. The summed E-state index contributed by atoms with van der Waals surface area (Å²) >= 11 is 0. The van der Waals surface area contributed by atoms with Gasteiger partial charge in [-0.25, -0.2) is 19.2 Å². The minimum absolute atomic E-state index is 0.0672. The molecule has 1 aliphatic rings. The van der Waals surface area contributed by atoms with E-state index < -0.39 is 24.6 Å². The van der Waals surface area contributed by atoms with Crippen LogP contribution in [0, 0.1) is 0 Å². The maximum atomic E-state index is 11.3. The van der Waals surface area contributed by atoms with Crippen LogP contribution in [-0.2, 0) is 4.74 Å². The van der Waals surface area contributed by atoms with Gasteiger partial charge in [0.2, 0.25) is 0 Å². The number of benzene rings is 2. The van der Waals surface area contributed by atoms with Crippen LogP contribution in [0.2, 0.25) is 0 Å². The monoisotopic (exact) mass is 376 g/mol. The molecule has 0 aromatic heterocycles. The van der Waals surface area contributed by atoms with Gasteiger partial charge in [-0.15, -0.1) is 0 Å². The van der Waals surface area contributed by atoms with Gasteiger partial charge in [0.1, 0.15) is 0 Å². The van der Waals surface area contributed by atoms with E-state index in [2.05, 4.69) is 14.2 Å². The second kappa shape index (κ2) is 6.92. The van der Waals surface area contributed by atoms with E-state index in [-0.39, 0.29) is 23.0 Å². The molecule has 0 bridgehead atoms. The highest BCUT2D eigenvalue weighted by atomic mass is 16.8. The number of hydrogen-bond donors (Lipinski definition) is 2. The van der Waals surface area contributed by atoms with Gasteiger partial charge in [-0.05, 0) is 35.4 Å². The molecule has 0 saturated heterocycles. The summed E-state index contributed by atoms with van der Waals surface area (Å²) in [5.74, 6) is -0.890. The first kappa shape index (κ1) is 17.5. The average molecular weight is 376 g/mol. The van der Waals surface area contributed by atoms with Crippen molar-refractivity contribution in [3.63, 3.8) is 0 Å². The van der Waals surface area contributed by atoms with Crippen molar-refractivity contribution >= 4 is 24.6 Å². The first-order chi connectivity index (χ1) is 12.8. The number of carbonyl (C=O) groups is 4. The van der Waals surface area contributed by atoms with Gasteiger partial charge in [-0.3, -0.25) is 0 Å². The second-order valence-corrected chi connectivity index (χ2v) is 4.87. The summed E-state index contributed by atoms with van der Waals surface area (Å²) < 4.78 is 22.7. The van der Waals surface area contributed by atoms with Gasteiger partial charge in [0.25, 0.3) is 0 Å². The second-order valence-electron chi connectivity index (χ2n) is 4.87. The Balaban J connectivity index is 2.01. The number of hydrogen-bond acceptors (Lipinski definition) is 9. The molecule has 0 saturated carbocycles. The number of rotatable bonds is 3. The highest BCUT2D eigenvalue weighted by Crippen LogP contribution is 2.38. The van der Waals surface area contributed by atoms with E-state index >= 15 is 0 Å². The zero-order valence-corrected chi connectivity index (χ0v) is 13.0. The fraction of sp³-hybridized carbons (Fsp3) is 0. The molecule has 11 nitrogen and oxygen atoms in total. The molecule has 27 heavy (non-hydrogen) atoms. The van der Waals surface area contributed by atoms with E-state index in [0.29, 0.717) is 11.1 Å². The predicted octanol–water partition coefficient (Wildman–Crippen LogP) is 3.50. The largest absolute Gasteiger partial charge is 0.524 e. The Labute approximate surface area is 149 Å². The Hall–Kier alpha value is -4.28. The Morgan fingerprint density at radius 3 is 1.93 bits per heavy atom. The molecule has 0 atom stereocenters. The molecule has 0 unspecified atom stereocenters. The zero-order valence-electron chi connectivity index (χ0n) is 13.0. The van der Waals surface area contributed by atoms with Crippen LogP contribution >= 0.6 is 0 Å². The average Bonchev–Trinajstić information content (AvgIpc) is 2.71. The summed E-state index contributed by atoms with van der Waals surface area (Å²) in [5.41, 5.74) is 0.760. The van der Waals surface area contributed by atoms with Gasteiger partial charge in [0.15, 0.2) is 23.0 Å². The predicted molar refractivity (Wildman–Crippen MR) is 82.3 cm³/mol. The van der Waals surface area contributed by atoms with Crippen LogP contribution < -0.4 is 18.9 Å². The quantitative estimate of drug-likeness (QED) is 0.459. The standard InChI is InChI=1S/C16H8O11/c17-13(18)23-9-3-1-7(5-11(9)24-14(19)20)8-2-4-10-12(6-8)26-16(22)27-15(21)25-10/h1-6H,(H,17,18)(H,19,20). The molecule has 0 radical (unpaired) electrons. The third-order valence-electron chi connectivity index (χ3n) is 3.17. The summed E-state index contributed by atoms with van der Waals surface area (Å²) in [6.45, 7) is 0. The van der Waals surface area contributed by atoms with Crippen LogP contribution in [0.5, 0.6) is 23.0 Å². The smallest absolute Gasteiger partial charge is 0.449 e. The van der Waals surface area contributed by atoms with Gasteiger partial charge in [0, 0.05) is 0 Å². The summed E-state index contributed by atoms with van der Waals surface area (Å²) in [7, 11) is 0. The number of carbonyl (C=O) groups excluding carboxylic acids is 2. The van der Waals surface area contributed by atoms with Crippen LogP contribution in [0.3, 0.4) is 0 Å². The third-order valence-corrected chi connectivity index (χ3v) is 3.17. The highest BCUT2D eigenvalue weighted by Gasteiger charge is 2.24. The van der Waals surface area contributed by atoms with Crippen LogP contribution in [-0.4, -0.2) is 34.8 Å². The van der Waals surface area contributed by atoms with Crippen molar-refractivity contribution in [2.75, 3.05) is 0 Å². The summed E-state index contributed by atoms with van der Waals surface area (Å²) in [6.07, 6.45) is -5.87. The minimum Gasteiger partial charge on any atom is -0.449 e. The number of carboxylic acid groups (broad SMARTS) is 2. The van der Waals surface area contributed by atoms with Crippen molar-refractivity contribution in [1.82, 2.24) is 0 Å². The molecule has 11 heteroatoms. The van der Waals surface area contributed by atoms with Crippen LogP contribution in [0.4, 0.5) is 19.2 Å². The van der Waals surface area contributed by atoms with Gasteiger partial charge >= 0.3 is 24.6 Å². The molecule has 2 aromatic carbocycles. The van der Waals surface area contributed by atoms with Crippen LogP contribution in [0.15, 0.2) is 36.4 Å². The number of ether oxygens (including phenoxy) is 5. The summed E-state index contributed by atoms with van der Waals surface area (Å²) in [4.78, 5) is 44.0. The van der Waals surface area contributed by atoms with Gasteiger partial charge in [0.05, 0.1) is 0 Å².